The lowest BCUT2D eigenvalue weighted by Crippen LogP contribution is -2.45. The molecular weight excluding hydrogens is 282 g/mol. The van der Waals surface area contributed by atoms with Gasteiger partial charge >= 0.3 is 0 Å². The zero-order valence-corrected chi connectivity index (χ0v) is 12.6. The molecule has 0 fully saturated rings. The second-order valence-electron chi connectivity index (χ2n) is 5.73. The van der Waals surface area contributed by atoms with E-state index >= 15 is 0 Å². The number of aliphatic hydroxyl groups is 1. The van der Waals surface area contributed by atoms with Gasteiger partial charge in [-0.2, -0.15) is 5.26 Å². The van der Waals surface area contributed by atoms with Crippen molar-refractivity contribution < 1.29 is 5.11 Å². The summed E-state index contributed by atoms with van der Waals surface area (Å²) >= 11 is 6.26. The third-order valence-corrected chi connectivity index (χ3v) is 5.00. The second-order valence-corrected chi connectivity index (χ2v) is 6.13. The van der Waals surface area contributed by atoms with Crippen LogP contribution in [0.25, 0.3) is 0 Å². The highest BCUT2D eigenvalue weighted by atomic mass is 35.5. The van der Waals surface area contributed by atoms with Crippen molar-refractivity contribution in [3.8, 4) is 6.07 Å². The molecule has 0 saturated carbocycles. The van der Waals surface area contributed by atoms with Crippen LogP contribution >= 0.6 is 11.6 Å². The van der Waals surface area contributed by atoms with Gasteiger partial charge in [-0.25, -0.2) is 0 Å². The molecule has 0 saturated heterocycles. The molecule has 1 N–H and O–H groups in total. The van der Waals surface area contributed by atoms with Gasteiger partial charge in [0, 0.05) is 10.6 Å². The van der Waals surface area contributed by atoms with E-state index in [4.69, 9.17) is 11.6 Å². The van der Waals surface area contributed by atoms with Crippen LogP contribution in [-0.2, 0) is 17.4 Å². The topological polar surface area (TPSA) is 44.0 Å². The maximum Gasteiger partial charge on any atom is 0.115 e. The molecule has 0 spiro atoms. The zero-order chi connectivity index (χ0) is 15.1. The zero-order valence-electron chi connectivity index (χ0n) is 11.8. The van der Waals surface area contributed by atoms with Crippen LogP contribution in [0.4, 0.5) is 0 Å². The molecule has 3 heteroatoms. The average molecular weight is 298 g/mol. The van der Waals surface area contributed by atoms with Gasteiger partial charge in [0.25, 0.3) is 0 Å². The minimum Gasteiger partial charge on any atom is -0.383 e. The minimum atomic E-state index is -1.34. The maximum atomic E-state index is 11.3. The summed E-state index contributed by atoms with van der Waals surface area (Å²) in [7, 11) is 0. The molecule has 2 unspecified atom stereocenters. The number of aryl methyl sites for hydroxylation is 1. The lowest BCUT2D eigenvalue weighted by molar-refractivity contribution is -0.00399. The Bertz CT molecular complexity index is 732. The number of nitriles is 1. The molecule has 0 heterocycles. The van der Waals surface area contributed by atoms with E-state index in [1.54, 1.807) is 19.1 Å². The Balaban J connectivity index is 2.22. The monoisotopic (exact) mass is 297 g/mol. The Labute approximate surface area is 129 Å². The summed E-state index contributed by atoms with van der Waals surface area (Å²) in [6, 6.07) is 17.4. The van der Waals surface area contributed by atoms with E-state index < -0.39 is 11.0 Å². The molecule has 0 bridgehead atoms. The van der Waals surface area contributed by atoms with Crippen molar-refractivity contribution in [1.82, 2.24) is 0 Å². The van der Waals surface area contributed by atoms with Gasteiger partial charge in [0.2, 0.25) is 0 Å². The fourth-order valence-corrected chi connectivity index (χ4v) is 3.75. The average Bonchev–Trinajstić information content (AvgIpc) is 2.88. The largest absolute Gasteiger partial charge is 0.383 e. The summed E-state index contributed by atoms with van der Waals surface area (Å²) < 4.78 is 0. The van der Waals surface area contributed by atoms with Crippen molar-refractivity contribution in [3.63, 3.8) is 0 Å². The summed E-state index contributed by atoms with van der Waals surface area (Å²) in [6.07, 6.45) is 1.39. The van der Waals surface area contributed by atoms with Crippen LogP contribution in [0.3, 0.4) is 0 Å². The molecule has 0 aliphatic heterocycles. The third-order valence-electron chi connectivity index (χ3n) is 4.67. The molecule has 2 aromatic carbocycles. The molecule has 21 heavy (non-hydrogen) atoms. The lowest BCUT2D eigenvalue weighted by atomic mass is 9.66. The van der Waals surface area contributed by atoms with Crippen molar-refractivity contribution in [2.45, 2.75) is 30.8 Å². The number of hydrogen-bond acceptors (Lipinski definition) is 2. The molecule has 0 amide bonds. The van der Waals surface area contributed by atoms with E-state index in [-0.39, 0.29) is 0 Å². The number of benzene rings is 2. The van der Waals surface area contributed by atoms with Crippen LogP contribution in [-0.4, -0.2) is 5.11 Å². The lowest BCUT2D eigenvalue weighted by Gasteiger charge is -2.39. The Morgan fingerprint density at radius 2 is 1.86 bits per heavy atom. The first-order valence-corrected chi connectivity index (χ1v) is 7.38. The second kappa shape index (κ2) is 4.87. The molecule has 0 radical (unpaired) electrons. The van der Waals surface area contributed by atoms with E-state index in [9.17, 15) is 10.4 Å². The summed E-state index contributed by atoms with van der Waals surface area (Å²) in [6.45, 7) is 1.69. The molecule has 3 rings (SSSR count). The first-order chi connectivity index (χ1) is 10.0. The molecule has 2 aromatic rings. The number of halogens is 1. The Hall–Kier alpha value is -1.82. The molecule has 0 aromatic heterocycles. The van der Waals surface area contributed by atoms with Crippen LogP contribution in [0.15, 0.2) is 48.5 Å². The molecule has 1 aliphatic carbocycles. The summed E-state index contributed by atoms with van der Waals surface area (Å²) in [4.78, 5) is 0. The van der Waals surface area contributed by atoms with E-state index in [1.165, 1.54) is 0 Å². The first-order valence-electron chi connectivity index (χ1n) is 7.00. The van der Waals surface area contributed by atoms with Crippen molar-refractivity contribution >= 4 is 11.6 Å². The summed E-state index contributed by atoms with van der Waals surface area (Å²) in [5.74, 6) is 0. The summed E-state index contributed by atoms with van der Waals surface area (Å²) in [5, 5.41) is 21.6. The van der Waals surface area contributed by atoms with Gasteiger partial charge in [-0.1, -0.05) is 54.1 Å². The fraction of sp³-hybridized carbons (Fsp3) is 0.278. The Morgan fingerprint density at radius 3 is 2.57 bits per heavy atom. The standard InChI is InChI=1S/C18H16ClNO/c1-17(21,15-8-4-5-9-16(15)19)18(12-20)11-10-13-6-2-3-7-14(13)18/h2-9,21H,10-11H2,1H3. The van der Waals surface area contributed by atoms with Gasteiger partial charge in [0.05, 0.1) is 6.07 Å². The highest BCUT2D eigenvalue weighted by Gasteiger charge is 2.54. The number of fused-ring (bicyclic) bond motifs is 1. The van der Waals surface area contributed by atoms with E-state index in [2.05, 4.69) is 6.07 Å². The number of rotatable bonds is 2. The number of nitrogens with zero attached hydrogens (tertiary/aromatic N) is 1. The van der Waals surface area contributed by atoms with Crippen molar-refractivity contribution in [2.75, 3.05) is 0 Å². The van der Waals surface area contributed by atoms with Gasteiger partial charge in [-0.15, -0.1) is 0 Å². The smallest absolute Gasteiger partial charge is 0.115 e. The number of hydrogen-bond donors (Lipinski definition) is 1. The molecule has 106 valence electrons. The summed E-state index contributed by atoms with van der Waals surface area (Å²) in [5.41, 5.74) is 0.343. The van der Waals surface area contributed by atoms with E-state index in [0.717, 1.165) is 17.5 Å². The maximum absolute atomic E-state index is 11.3. The van der Waals surface area contributed by atoms with Gasteiger partial charge in [0.15, 0.2) is 0 Å². The van der Waals surface area contributed by atoms with Crippen LogP contribution in [0.1, 0.15) is 30.0 Å². The molecular formula is C18H16ClNO. The predicted molar refractivity (Wildman–Crippen MR) is 83.1 cm³/mol. The van der Waals surface area contributed by atoms with Crippen LogP contribution in [0.5, 0.6) is 0 Å². The first kappa shape index (κ1) is 14.1. The van der Waals surface area contributed by atoms with Gasteiger partial charge in [-0.05, 0) is 37.0 Å². The van der Waals surface area contributed by atoms with E-state index in [0.29, 0.717) is 17.0 Å². The van der Waals surface area contributed by atoms with Crippen LogP contribution in [0.2, 0.25) is 5.02 Å². The van der Waals surface area contributed by atoms with Gasteiger partial charge in [-0.3, -0.25) is 0 Å². The molecule has 2 nitrogen and oxygen atoms in total. The predicted octanol–water partition coefficient (Wildman–Crippen LogP) is 3.96. The molecule has 1 aliphatic rings. The third kappa shape index (κ3) is 1.89. The van der Waals surface area contributed by atoms with Crippen molar-refractivity contribution in [3.05, 3.63) is 70.2 Å². The van der Waals surface area contributed by atoms with Gasteiger partial charge in [0.1, 0.15) is 11.0 Å². The highest BCUT2D eigenvalue weighted by Crippen LogP contribution is 2.51. The van der Waals surface area contributed by atoms with E-state index in [1.807, 2.05) is 36.4 Å². The van der Waals surface area contributed by atoms with Crippen molar-refractivity contribution in [1.29, 1.82) is 5.26 Å². The van der Waals surface area contributed by atoms with Crippen LogP contribution in [0, 0.1) is 11.3 Å². The van der Waals surface area contributed by atoms with Crippen molar-refractivity contribution in [2.24, 2.45) is 0 Å². The normalized spacial score (nSPS) is 23.1. The van der Waals surface area contributed by atoms with Crippen LogP contribution < -0.4 is 0 Å². The van der Waals surface area contributed by atoms with Gasteiger partial charge < -0.3 is 5.11 Å². The quantitative estimate of drug-likeness (QED) is 0.912. The Kier molecular flexibility index (Phi) is 3.28. The highest BCUT2D eigenvalue weighted by molar-refractivity contribution is 6.31. The fourth-order valence-electron chi connectivity index (χ4n) is 3.43. The Morgan fingerprint density at radius 1 is 1.19 bits per heavy atom. The minimum absolute atomic E-state index is 0.488. The molecule has 2 atom stereocenters. The SMILES string of the molecule is CC(O)(c1ccccc1Cl)C1(C#N)CCc2ccccc21.